The Morgan fingerprint density at radius 1 is 1.19 bits per heavy atom. The van der Waals surface area contributed by atoms with Crippen LogP contribution in [-0.2, 0) is 30.3 Å². The SMILES string of the molecule is COC1(OCC[Si](C)(C)C)C(Br)=CCON(Cc2ccccc2)[C@@H]1[C@H]1COC(C)(C)O1. The molecule has 1 unspecified atom stereocenters. The van der Waals surface area contributed by atoms with E-state index in [0.29, 0.717) is 26.4 Å². The van der Waals surface area contributed by atoms with E-state index in [-0.39, 0.29) is 12.1 Å². The van der Waals surface area contributed by atoms with E-state index >= 15 is 0 Å². The molecule has 1 aromatic rings. The molecule has 31 heavy (non-hydrogen) atoms. The van der Waals surface area contributed by atoms with E-state index in [1.807, 2.05) is 43.2 Å². The van der Waals surface area contributed by atoms with Crippen molar-refractivity contribution in [3.63, 3.8) is 0 Å². The van der Waals surface area contributed by atoms with E-state index in [2.05, 4.69) is 47.7 Å². The highest BCUT2D eigenvalue weighted by Gasteiger charge is 2.55. The molecule has 174 valence electrons. The van der Waals surface area contributed by atoms with Crippen molar-refractivity contribution in [2.45, 2.75) is 69.8 Å². The van der Waals surface area contributed by atoms with Crippen LogP contribution in [0.2, 0.25) is 25.7 Å². The van der Waals surface area contributed by atoms with Crippen molar-refractivity contribution < 1.29 is 23.8 Å². The number of hydrogen-bond acceptors (Lipinski definition) is 6. The maximum Gasteiger partial charge on any atom is 0.222 e. The molecule has 0 aromatic heterocycles. The van der Waals surface area contributed by atoms with Gasteiger partial charge < -0.3 is 18.9 Å². The summed E-state index contributed by atoms with van der Waals surface area (Å²) in [6.45, 7) is 12.9. The third-order valence-electron chi connectivity index (χ3n) is 5.57. The number of hydroxylamine groups is 2. The van der Waals surface area contributed by atoms with Gasteiger partial charge in [-0.25, -0.2) is 0 Å². The van der Waals surface area contributed by atoms with Crippen molar-refractivity contribution in [2.75, 3.05) is 26.9 Å². The summed E-state index contributed by atoms with van der Waals surface area (Å²) in [6, 6.07) is 10.9. The topological polar surface area (TPSA) is 49.4 Å². The normalized spacial score (nSPS) is 29.6. The highest BCUT2D eigenvalue weighted by atomic mass is 79.9. The second kappa shape index (κ2) is 10.1. The van der Waals surface area contributed by atoms with Gasteiger partial charge in [-0.15, -0.1) is 0 Å². The van der Waals surface area contributed by atoms with Crippen LogP contribution in [0, 0.1) is 0 Å². The first-order valence-corrected chi connectivity index (χ1v) is 15.4. The average Bonchev–Trinajstić information content (AvgIpc) is 2.99. The lowest BCUT2D eigenvalue weighted by Gasteiger charge is -2.44. The summed E-state index contributed by atoms with van der Waals surface area (Å²) in [5.74, 6) is -1.75. The van der Waals surface area contributed by atoms with E-state index in [4.69, 9.17) is 23.8 Å². The van der Waals surface area contributed by atoms with Crippen LogP contribution in [-0.4, -0.2) is 63.8 Å². The molecule has 3 atom stereocenters. The molecule has 0 spiro atoms. The third-order valence-corrected chi connectivity index (χ3v) is 8.15. The van der Waals surface area contributed by atoms with Gasteiger partial charge in [-0.2, -0.15) is 5.06 Å². The van der Waals surface area contributed by atoms with Crippen LogP contribution in [0.25, 0.3) is 0 Å². The minimum Gasteiger partial charge on any atom is -0.348 e. The fourth-order valence-electron chi connectivity index (χ4n) is 3.91. The fourth-order valence-corrected chi connectivity index (χ4v) is 5.27. The second-order valence-corrected chi connectivity index (χ2v) is 16.2. The van der Waals surface area contributed by atoms with Gasteiger partial charge in [-0.3, -0.25) is 4.84 Å². The molecule has 0 amide bonds. The number of rotatable bonds is 8. The minimum atomic E-state index is -1.29. The van der Waals surface area contributed by atoms with Gasteiger partial charge in [0.2, 0.25) is 5.79 Å². The van der Waals surface area contributed by atoms with E-state index in [0.717, 1.165) is 16.1 Å². The third kappa shape index (κ3) is 6.26. The zero-order valence-corrected chi connectivity index (χ0v) is 22.1. The molecule has 0 N–H and O–H groups in total. The lowest BCUT2D eigenvalue weighted by molar-refractivity contribution is -0.305. The summed E-state index contributed by atoms with van der Waals surface area (Å²) >= 11 is 3.75. The molecule has 1 saturated heterocycles. The smallest absolute Gasteiger partial charge is 0.222 e. The minimum absolute atomic E-state index is 0.301. The number of benzene rings is 1. The van der Waals surface area contributed by atoms with Gasteiger partial charge in [-0.1, -0.05) is 50.0 Å². The molecule has 0 aliphatic carbocycles. The molecular formula is C23H36BrNO5Si. The van der Waals surface area contributed by atoms with E-state index in [1.165, 1.54) is 0 Å². The van der Waals surface area contributed by atoms with Crippen molar-refractivity contribution >= 4 is 24.0 Å². The Kier molecular flexibility index (Phi) is 8.19. The van der Waals surface area contributed by atoms with Gasteiger partial charge in [0.15, 0.2) is 5.79 Å². The number of ether oxygens (including phenoxy) is 4. The molecule has 0 bridgehead atoms. The maximum absolute atomic E-state index is 6.59. The van der Waals surface area contributed by atoms with Gasteiger partial charge in [0.05, 0.1) is 17.7 Å². The Morgan fingerprint density at radius 2 is 1.90 bits per heavy atom. The Labute approximate surface area is 195 Å². The van der Waals surface area contributed by atoms with E-state index in [1.54, 1.807) is 7.11 Å². The molecule has 1 fully saturated rings. The average molecular weight is 515 g/mol. The predicted molar refractivity (Wildman–Crippen MR) is 127 cm³/mol. The molecule has 2 aliphatic heterocycles. The molecular weight excluding hydrogens is 478 g/mol. The molecule has 6 nitrogen and oxygen atoms in total. The molecule has 2 heterocycles. The largest absolute Gasteiger partial charge is 0.348 e. The van der Waals surface area contributed by atoms with E-state index < -0.39 is 19.6 Å². The lowest BCUT2D eigenvalue weighted by atomic mass is 9.99. The van der Waals surface area contributed by atoms with Crippen LogP contribution >= 0.6 is 15.9 Å². The quantitative estimate of drug-likeness (QED) is 0.362. The van der Waals surface area contributed by atoms with Crippen LogP contribution in [0.3, 0.4) is 0 Å². The standard InChI is InChI=1S/C23H36BrNO5Si/c1-22(2)28-17-19(30-22)21-23(26-3,27-14-15-31(4,5)6)20(24)12-13-29-25(21)16-18-10-8-7-9-11-18/h7-12,19,21H,13-17H2,1-6H3/t19-,21-,23?/m1/s1. The van der Waals surface area contributed by atoms with Gasteiger partial charge in [-0.05, 0) is 47.5 Å². The summed E-state index contributed by atoms with van der Waals surface area (Å²) in [5, 5.41) is 1.94. The van der Waals surface area contributed by atoms with Crippen LogP contribution in [0.1, 0.15) is 19.4 Å². The van der Waals surface area contributed by atoms with Crippen LogP contribution in [0.4, 0.5) is 0 Å². The summed E-state index contributed by atoms with van der Waals surface area (Å²) in [6.07, 6.45) is 1.67. The molecule has 0 saturated carbocycles. The Balaban J connectivity index is 1.97. The predicted octanol–water partition coefficient (Wildman–Crippen LogP) is 4.93. The number of methoxy groups -OCH3 is 1. The molecule has 8 heteroatoms. The second-order valence-electron chi connectivity index (χ2n) is 9.75. The summed E-state index contributed by atoms with van der Waals surface area (Å²) in [4.78, 5) is 6.21. The van der Waals surface area contributed by atoms with Crippen LogP contribution in [0.5, 0.6) is 0 Å². The first-order chi connectivity index (χ1) is 14.6. The summed E-state index contributed by atoms with van der Waals surface area (Å²) < 4.78 is 25.8. The van der Waals surface area contributed by atoms with Crippen LogP contribution in [0.15, 0.2) is 40.9 Å². The van der Waals surface area contributed by atoms with Gasteiger partial charge in [0.1, 0.15) is 12.1 Å². The maximum atomic E-state index is 6.59. The summed E-state index contributed by atoms with van der Waals surface area (Å²) in [7, 11) is 0.392. The number of hydrogen-bond donors (Lipinski definition) is 0. The lowest BCUT2D eigenvalue weighted by Crippen LogP contribution is -2.61. The van der Waals surface area contributed by atoms with Gasteiger partial charge in [0.25, 0.3) is 0 Å². The molecule has 0 radical (unpaired) electrons. The number of nitrogens with zero attached hydrogens (tertiary/aromatic N) is 1. The first-order valence-electron chi connectivity index (χ1n) is 10.9. The van der Waals surface area contributed by atoms with Crippen molar-refractivity contribution in [2.24, 2.45) is 0 Å². The molecule has 3 rings (SSSR count). The monoisotopic (exact) mass is 513 g/mol. The Hall–Kier alpha value is -0.583. The highest BCUT2D eigenvalue weighted by Crippen LogP contribution is 2.42. The zero-order valence-electron chi connectivity index (χ0n) is 19.5. The Morgan fingerprint density at radius 3 is 2.48 bits per heavy atom. The van der Waals surface area contributed by atoms with Crippen molar-refractivity contribution in [3.05, 3.63) is 46.5 Å². The van der Waals surface area contributed by atoms with Crippen LogP contribution < -0.4 is 0 Å². The fraction of sp³-hybridized carbons (Fsp3) is 0.652. The van der Waals surface area contributed by atoms with Gasteiger partial charge >= 0.3 is 0 Å². The number of halogens is 1. The Bertz CT molecular complexity index is 754. The highest BCUT2D eigenvalue weighted by molar-refractivity contribution is 9.11. The molecule has 1 aromatic carbocycles. The van der Waals surface area contributed by atoms with Crippen molar-refractivity contribution in [3.8, 4) is 0 Å². The van der Waals surface area contributed by atoms with Crippen molar-refractivity contribution in [1.29, 1.82) is 0 Å². The zero-order chi connectivity index (χ0) is 22.7. The van der Waals surface area contributed by atoms with Crippen molar-refractivity contribution in [1.82, 2.24) is 5.06 Å². The van der Waals surface area contributed by atoms with Gasteiger partial charge in [0, 0.05) is 28.3 Å². The molecule has 2 aliphatic rings. The van der Waals surface area contributed by atoms with E-state index in [9.17, 15) is 0 Å². The first kappa shape index (κ1) is 25.0. The summed E-state index contributed by atoms with van der Waals surface area (Å²) in [5.41, 5.74) is 1.13.